The van der Waals surface area contributed by atoms with Crippen LogP contribution in [0.2, 0.25) is 0 Å². The second-order valence-corrected chi connectivity index (χ2v) is 8.92. The first kappa shape index (κ1) is 22.5. The third kappa shape index (κ3) is 6.14. The molecule has 0 saturated carbocycles. The zero-order valence-electron chi connectivity index (χ0n) is 17.7. The molecule has 1 aromatic heterocycles. The number of aliphatic hydroxyl groups excluding tert-OH is 1. The van der Waals surface area contributed by atoms with E-state index < -0.39 is 6.10 Å². The maximum Gasteiger partial charge on any atom is 0.191 e. The minimum absolute atomic E-state index is 0.311. The summed E-state index contributed by atoms with van der Waals surface area (Å²) in [6.07, 6.45) is -0.509. The van der Waals surface area contributed by atoms with Crippen molar-refractivity contribution in [1.29, 1.82) is 0 Å². The third-order valence-corrected chi connectivity index (χ3v) is 5.71. The second kappa shape index (κ2) is 10.7. The van der Waals surface area contributed by atoms with Crippen LogP contribution >= 0.6 is 11.8 Å². The SMILES string of the molecule is CC(C)Cn1c(SCC(O)CN(C)Cc2ccccc2)nnc1-c1ccccc1F. The zero-order chi connectivity index (χ0) is 21.5. The molecule has 0 aliphatic carbocycles. The van der Waals surface area contributed by atoms with E-state index in [2.05, 4.69) is 41.1 Å². The van der Waals surface area contributed by atoms with Gasteiger partial charge in [0.1, 0.15) is 5.82 Å². The van der Waals surface area contributed by atoms with Crippen molar-refractivity contribution in [3.8, 4) is 11.4 Å². The van der Waals surface area contributed by atoms with E-state index in [4.69, 9.17) is 0 Å². The molecule has 5 nitrogen and oxygen atoms in total. The van der Waals surface area contributed by atoms with Crippen molar-refractivity contribution in [3.05, 3.63) is 66.0 Å². The molecule has 1 unspecified atom stereocenters. The standard InChI is InChI=1S/C23H29FN4OS/c1-17(2)13-28-22(20-11-7-8-12-21(20)24)25-26-23(28)30-16-19(29)15-27(3)14-18-9-5-4-6-10-18/h4-12,17,19,29H,13-16H2,1-3H3. The van der Waals surface area contributed by atoms with E-state index in [0.717, 1.165) is 6.54 Å². The molecule has 30 heavy (non-hydrogen) atoms. The molecule has 3 rings (SSSR count). The highest BCUT2D eigenvalue weighted by atomic mass is 32.2. The maximum atomic E-state index is 14.3. The van der Waals surface area contributed by atoms with Gasteiger partial charge in [-0.15, -0.1) is 10.2 Å². The summed E-state index contributed by atoms with van der Waals surface area (Å²) in [6.45, 7) is 6.23. The van der Waals surface area contributed by atoms with Crippen LogP contribution in [0.3, 0.4) is 0 Å². The topological polar surface area (TPSA) is 54.2 Å². The van der Waals surface area contributed by atoms with Crippen LogP contribution in [-0.2, 0) is 13.1 Å². The van der Waals surface area contributed by atoms with Crippen LogP contribution in [-0.4, -0.2) is 50.2 Å². The van der Waals surface area contributed by atoms with E-state index in [1.165, 1.54) is 23.4 Å². The van der Waals surface area contributed by atoms with E-state index in [-0.39, 0.29) is 5.82 Å². The average molecular weight is 429 g/mol. The van der Waals surface area contributed by atoms with Crippen molar-refractivity contribution in [1.82, 2.24) is 19.7 Å². The highest BCUT2D eigenvalue weighted by molar-refractivity contribution is 7.99. The van der Waals surface area contributed by atoms with Crippen molar-refractivity contribution >= 4 is 11.8 Å². The largest absolute Gasteiger partial charge is 0.391 e. The van der Waals surface area contributed by atoms with Gasteiger partial charge in [0.15, 0.2) is 11.0 Å². The van der Waals surface area contributed by atoms with E-state index in [1.807, 2.05) is 29.8 Å². The first-order valence-corrected chi connectivity index (χ1v) is 11.1. The molecular weight excluding hydrogens is 399 g/mol. The number of benzene rings is 2. The number of aliphatic hydroxyl groups is 1. The molecule has 0 amide bonds. The van der Waals surface area contributed by atoms with Crippen molar-refractivity contribution in [3.63, 3.8) is 0 Å². The number of likely N-dealkylation sites (N-methyl/N-ethyl adjacent to an activating group) is 1. The van der Waals surface area contributed by atoms with Gasteiger partial charge in [0.25, 0.3) is 0 Å². The number of thioether (sulfide) groups is 1. The number of halogens is 1. The van der Waals surface area contributed by atoms with Crippen LogP contribution < -0.4 is 0 Å². The molecule has 1 heterocycles. The number of nitrogens with zero attached hydrogens (tertiary/aromatic N) is 4. The van der Waals surface area contributed by atoms with Crippen LogP contribution in [0.5, 0.6) is 0 Å². The molecule has 0 radical (unpaired) electrons. The fourth-order valence-electron chi connectivity index (χ4n) is 3.31. The van der Waals surface area contributed by atoms with Crippen LogP contribution in [0.4, 0.5) is 4.39 Å². The Kier molecular flexibility index (Phi) is 8.01. The Morgan fingerprint density at radius 1 is 1.07 bits per heavy atom. The van der Waals surface area contributed by atoms with Crippen molar-refractivity contribution in [2.75, 3.05) is 19.3 Å². The van der Waals surface area contributed by atoms with Gasteiger partial charge in [-0.05, 0) is 30.7 Å². The van der Waals surface area contributed by atoms with Gasteiger partial charge in [-0.1, -0.05) is 68.1 Å². The molecule has 0 saturated heterocycles. The lowest BCUT2D eigenvalue weighted by atomic mass is 10.2. The first-order valence-electron chi connectivity index (χ1n) is 10.2. The number of hydrogen-bond acceptors (Lipinski definition) is 5. The maximum absolute atomic E-state index is 14.3. The summed E-state index contributed by atoms with van der Waals surface area (Å²) >= 11 is 1.46. The van der Waals surface area contributed by atoms with Crippen molar-refractivity contribution in [2.45, 2.75) is 38.2 Å². The lowest BCUT2D eigenvalue weighted by Crippen LogP contribution is -2.30. The summed E-state index contributed by atoms with van der Waals surface area (Å²) in [6, 6.07) is 16.8. The molecular formula is C23H29FN4OS. The Balaban J connectivity index is 1.65. The lowest BCUT2D eigenvalue weighted by molar-refractivity contribution is 0.142. The molecule has 0 spiro atoms. The lowest BCUT2D eigenvalue weighted by Gasteiger charge is -2.20. The van der Waals surface area contributed by atoms with Crippen LogP contribution in [0.15, 0.2) is 59.8 Å². The van der Waals surface area contributed by atoms with Gasteiger partial charge < -0.3 is 9.67 Å². The molecule has 7 heteroatoms. The number of rotatable bonds is 10. The normalized spacial score (nSPS) is 12.6. The smallest absolute Gasteiger partial charge is 0.191 e. The predicted octanol–water partition coefficient (Wildman–Crippen LogP) is 4.33. The Labute approximate surface area is 181 Å². The van der Waals surface area contributed by atoms with Crippen molar-refractivity contribution in [2.24, 2.45) is 5.92 Å². The predicted molar refractivity (Wildman–Crippen MR) is 120 cm³/mol. The average Bonchev–Trinajstić information content (AvgIpc) is 3.09. The Morgan fingerprint density at radius 2 is 1.77 bits per heavy atom. The van der Waals surface area contributed by atoms with Gasteiger partial charge in [-0.3, -0.25) is 4.90 Å². The zero-order valence-corrected chi connectivity index (χ0v) is 18.5. The van der Waals surface area contributed by atoms with Crippen LogP contribution in [0, 0.1) is 11.7 Å². The molecule has 1 atom stereocenters. The van der Waals surface area contributed by atoms with Gasteiger partial charge in [-0.25, -0.2) is 4.39 Å². The van der Waals surface area contributed by atoms with Gasteiger partial charge in [-0.2, -0.15) is 0 Å². The summed E-state index contributed by atoms with van der Waals surface area (Å²) < 4.78 is 16.3. The summed E-state index contributed by atoms with van der Waals surface area (Å²) in [5, 5.41) is 19.8. The van der Waals surface area contributed by atoms with E-state index >= 15 is 0 Å². The molecule has 0 fully saturated rings. The van der Waals surface area contributed by atoms with E-state index in [1.54, 1.807) is 18.2 Å². The summed E-state index contributed by atoms with van der Waals surface area (Å²) in [5.41, 5.74) is 1.66. The molecule has 3 aromatic rings. The highest BCUT2D eigenvalue weighted by Gasteiger charge is 2.19. The Morgan fingerprint density at radius 3 is 2.47 bits per heavy atom. The van der Waals surface area contributed by atoms with Gasteiger partial charge in [0, 0.05) is 25.4 Å². The van der Waals surface area contributed by atoms with Gasteiger partial charge in [0.2, 0.25) is 0 Å². The monoisotopic (exact) mass is 428 g/mol. The summed E-state index contributed by atoms with van der Waals surface area (Å²) in [5.74, 6) is 1.06. The number of hydrogen-bond donors (Lipinski definition) is 1. The fourth-order valence-corrected chi connectivity index (χ4v) is 4.17. The molecule has 0 aliphatic heterocycles. The fraction of sp³-hybridized carbons (Fsp3) is 0.391. The molecule has 0 bridgehead atoms. The molecule has 0 aliphatic rings. The highest BCUT2D eigenvalue weighted by Crippen LogP contribution is 2.27. The van der Waals surface area contributed by atoms with E-state index in [0.29, 0.717) is 41.3 Å². The molecule has 1 N–H and O–H groups in total. The first-order chi connectivity index (χ1) is 14.4. The minimum Gasteiger partial charge on any atom is -0.391 e. The Bertz CT molecular complexity index is 932. The summed E-state index contributed by atoms with van der Waals surface area (Å²) in [7, 11) is 2.00. The Hall–Kier alpha value is -2.22. The minimum atomic E-state index is -0.509. The van der Waals surface area contributed by atoms with Gasteiger partial charge >= 0.3 is 0 Å². The van der Waals surface area contributed by atoms with Gasteiger partial charge in [0.05, 0.1) is 11.7 Å². The molecule has 2 aromatic carbocycles. The van der Waals surface area contributed by atoms with Crippen LogP contribution in [0.25, 0.3) is 11.4 Å². The third-order valence-electron chi connectivity index (χ3n) is 4.60. The second-order valence-electron chi connectivity index (χ2n) is 7.94. The summed E-state index contributed by atoms with van der Waals surface area (Å²) in [4.78, 5) is 2.10. The van der Waals surface area contributed by atoms with Crippen molar-refractivity contribution < 1.29 is 9.50 Å². The van der Waals surface area contributed by atoms with E-state index in [9.17, 15) is 9.50 Å². The molecule has 160 valence electrons. The van der Waals surface area contributed by atoms with Crippen LogP contribution in [0.1, 0.15) is 19.4 Å². The quantitative estimate of drug-likeness (QED) is 0.487. The number of aromatic nitrogens is 3.